The molecule has 2 atom stereocenters. The Morgan fingerprint density at radius 1 is 1.62 bits per heavy atom. The van der Waals surface area contributed by atoms with E-state index in [0.717, 1.165) is 18.9 Å². The lowest BCUT2D eigenvalue weighted by atomic mass is 10.1. The monoisotopic (exact) mass is 240 g/mol. The maximum atomic E-state index is 5.11. The van der Waals surface area contributed by atoms with Crippen LogP contribution >= 0.6 is 11.3 Å². The lowest BCUT2D eigenvalue weighted by Gasteiger charge is -2.21. The van der Waals surface area contributed by atoms with Crippen molar-refractivity contribution in [1.82, 2.24) is 10.3 Å². The van der Waals surface area contributed by atoms with Crippen molar-refractivity contribution < 1.29 is 4.74 Å². The Hall–Kier alpha value is -0.450. The highest BCUT2D eigenvalue weighted by molar-refractivity contribution is 7.09. The lowest BCUT2D eigenvalue weighted by Crippen LogP contribution is -2.32. The van der Waals surface area contributed by atoms with Gasteiger partial charge in [0.05, 0.1) is 6.04 Å². The fourth-order valence-electron chi connectivity index (χ4n) is 1.91. The lowest BCUT2D eigenvalue weighted by molar-refractivity contribution is 0.181. The Kier molecular flexibility index (Phi) is 4.32. The molecule has 4 heteroatoms. The van der Waals surface area contributed by atoms with E-state index in [1.165, 1.54) is 17.8 Å². The van der Waals surface area contributed by atoms with Crippen molar-refractivity contribution in [2.45, 2.75) is 38.3 Å². The summed E-state index contributed by atoms with van der Waals surface area (Å²) < 4.78 is 5.11. The Morgan fingerprint density at radius 2 is 2.44 bits per heavy atom. The average Bonchev–Trinajstić information content (AvgIpc) is 2.98. The summed E-state index contributed by atoms with van der Waals surface area (Å²) in [6.45, 7) is 3.05. The van der Waals surface area contributed by atoms with Crippen LogP contribution in [0.25, 0.3) is 0 Å². The minimum absolute atomic E-state index is 0.465. The fraction of sp³-hybridized carbons (Fsp3) is 0.750. The van der Waals surface area contributed by atoms with Crippen LogP contribution < -0.4 is 5.32 Å². The van der Waals surface area contributed by atoms with Crippen LogP contribution in [-0.2, 0) is 4.74 Å². The van der Waals surface area contributed by atoms with Crippen LogP contribution in [0.3, 0.4) is 0 Å². The van der Waals surface area contributed by atoms with Gasteiger partial charge in [-0.25, -0.2) is 4.98 Å². The van der Waals surface area contributed by atoms with Crippen LogP contribution in [0.4, 0.5) is 0 Å². The van der Waals surface area contributed by atoms with Gasteiger partial charge in [0.15, 0.2) is 0 Å². The molecule has 1 heterocycles. The van der Waals surface area contributed by atoms with E-state index in [0.29, 0.717) is 12.1 Å². The quantitative estimate of drug-likeness (QED) is 0.795. The molecule has 2 unspecified atom stereocenters. The number of nitrogens with one attached hydrogen (secondary N) is 1. The Labute approximate surface area is 101 Å². The molecule has 1 saturated carbocycles. The van der Waals surface area contributed by atoms with Crippen LogP contribution in [-0.4, -0.2) is 24.7 Å². The van der Waals surface area contributed by atoms with E-state index in [9.17, 15) is 0 Å². The van der Waals surface area contributed by atoms with Crippen LogP contribution in [0, 0.1) is 5.92 Å². The van der Waals surface area contributed by atoms with Crippen molar-refractivity contribution >= 4 is 11.3 Å². The van der Waals surface area contributed by atoms with E-state index in [2.05, 4.69) is 22.6 Å². The zero-order valence-corrected chi connectivity index (χ0v) is 10.8. The van der Waals surface area contributed by atoms with Crippen molar-refractivity contribution in [2.24, 2.45) is 5.92 Å². The van der Waals surface area contributed by atoms with Gasteiger partial charge in [-0.2, -0.15) is 0 Å². The number of ether oxygens (including phenoxy) is 1. The van der Waals surface area contributed by atoms with E-state index in [-0.39, 0.29) is 0 Å². The van der Waals surface area contributed by atoms with Crippen molar-refractivity contribution in [1.29, 1.82) is 0 Å². The van der Waals surface area contributed by atoms with E-state index in [1.54, 1.807) is 18.4 Å². The first kappa shape index (κ1) is 12.0. The summed E-state index contributed by atoms with van der Waals surface area (Å²) in [5.74, 6) is 0.802. The summed E-state index contributed by atoms with van der Waals surface area (Å²) in [6, 6.07) is 0.960. The number of rotatable bonds is 7. The molecule has 1 aliphatic carbocycles. The second-order valence-electron chi connectivity index (χ2n) is 4.53. The molecule has 0 spiro atoms. The van der Waals surface area contributed by atoms with Gasteiger partial charge < -0.3 is 10.1 Å². The first-order valence-corrected chi connectivity index (χ1v) is 6.83. The van der Waals surface area contributed by atoms with Gasteiger partial charge in [0.25, 0.3) is 0 Å². The molecule has 3 nitrogen and oxygen atoms in total. The summed E-state index contributed by atoms with van der Waals surface area (Å²) in [5, 5.41) is 6.99. The molecule has 1 N–H and O–H groups in total. The second-order valence-corrected chi connectivity index (χ2v) is 5.46. The molecule has 0 amide bonds. The Morgan fingerprint density at radius 3 is 3.00 bits per heavy atom. The third-order valence-corrected chi connectivity index (χ3v) is 3.89. The van der Waals surface area contributed by atoms with Gasteiger partial charge in [0.2, 0.25) is 0 Å². The van der Waals surface area contributed by atoms with Crippen molar-refractivity contribution in [3.63, 3.8) is 0 Å². The van der Waals surface area contributed by atoms with Crippen LogP contribution in [0.5, 0.6) is 0 Å². The van der Waals surface area contributed by atoms with Crippen molar-refractivity contribution in [3.05, 3.63) is 16.6 Å². The summed E-state index contributed by atoms with van der Waals surface area (Å²) in [6.07, 6.45) is 5.64. The summed E-state index contributed by atoms with van der Waals surface area (Å²) in [5.41, 5.74) is 0. The maximum absolute atomic E-state index is 5.11. The molecule has 1 aliphatic rings. The highest BCUT2D eigenvalue weighted by Gasteiger charge is 2.34. The number of nitrogens with zero attached hydrogens (tertiary/aromatic N) is 1. The molecule has 0 radical (unpaired) electrons. The molecule has 1 aromatic rings. The molecule has 16 heavy (non-hydrogen) atoms. The Bertz CT molecular complexity index is 298. The van der Waals surface area contributed by atoms with Gasteiger partial charge in [-0.3, -0.25) is 0 Å². The minimum Gasteiger partial charge on any atom is -0.385 e. The number of methoxy groups -OCH3 is 1. The number of hydrogen-bond donors (Lipinski definition) is 1. The summed E-state index contributed by atoms with van der Waals surface area (Å²) >= 11 is 1.76. The molecule has 0 bridgehead atoms. The highest BCUT2D eigenvalue weighted by Crippen LogP contribution is 2.41. The predicted molar refractivity (Wildman–Crippen MR) is 66.7 cm³/mol. The van der Waals surface area contributed by atoms with Gasteiger partial charge in [-0.1, -0.05) is 0 Å². The van der Waals surface area contributed by atoms with Gasteiger partial charge in [-0.15, -0.1) is 11.3 Å². The average molecular weight is 240 g/mol. The first-order valence-electron chi connectivity index (χ1n) is 5.95. The van der Waals surface area contributed by atoms with E-state index < -0.39 is 0 Å². The standard InChI is InChI=1S/C12H20N2OS/c1-9(5-7-15-2)14-11(10-3-4-10)12-13-6-8-16-12/h6,8-11,14H,3-5,7H2,1-2H3. The SMILES string of the molecule is COCCC(C)NC(c1nccs1)C1CC1. The topological polar surface area (TPSA) is 34.1 Å². The minimum atomic E-state index is 0.465. The summed E-state index contributed by atoms with van der Waals surface area (Å²) in [4.78, 5) is 4.44. The number of aromatic nitrogens is 1. The van der Waals surface area contributed by atoms with E-state index in [1.807, 2.05) is 6.20 Å². The number of thiazole rings is 1. The van der Waals surface area contributed by atoms with Gasteiger partial charge in [0.1, 0.15) is 5.01 Å². The normalized spacial score (nSPS) is 19.6. The molecule has 90 valence electrons. The maximum Gasteiger partial charge on any atom is 0.110 e. The molecule has 2 rings (SSSR count). The second kappa shape index (κ2) is 5.75. The molecule has 1 fully saturated rings. The third kappa shape index (κ3) is 3.27. The number of hydrogen-bond acceptors (Lipinski definition) is 4. The molecule has 0 aliphatic heterocycles. The van der Waals surface area contributed by atoms with Gasteiger partial charge in [0, 0.05) is 31.3 Å². The third-order valence-electron chi connectivity index (χ3n) is 3.03. The molecule has 0 aromatic carbocycles. The van der Waals surface area contributed by atoms with Gasteiger partial charge in [-0.05, 0) is 32.1 Å². The largest absolute Gasteiger partial charge is 0.385 e. The van der Waals surface area contributed by atoms with Crippen molar-refractivity contribution in [3.8, 4) is 0 Å². The van der Waals surface area contributed by atoms with Gasteiger partial charge >= 0.3 is 0 Å². The zero-order valence-electron chi connectivity index (χ0n) is 9.98. The first-order chi connectivity index (χ1) is 7.81. The fourth-order valence-corrected chi connectivity index (χ4v) is 2.70. The van der Waals surface area contributed by atoms with Crippen LogP contribution in [0.2, 0.25) is 0 Å². The van der Waals surface area contributed by atoms with Crippen LogP contribution in [0.15, 0.2) is 11.6 Å². The highest BCUT2D eigenvalue weighted by atomic mass is 32.1. The smallest absolute Gasteiger partial charge is 0.110 e. The molecular weight excluding hydrogens is 220 g/mol. The van der Waals surface area contributed by atoms with E-state index >= 15 is 0 Å². The molecule has 0 saturated heterocycles. The summed E-state index contributed by atoms with van der Waals surface area (Å²) in [7, 11) is 1.76. The molecule has 1 aromatic heterocycles. The Balaban J connectivity index is 1.88. The zero-order chi connectivity index (χ0) is 11.4. The van der Waals surface area contributed by atoms with Crippen molar-refractivity contribution in [2.75, 3.05) is 13.7 Å². The van der Waals surface area contributed by atoms with Crippen LogP contribution in [0.1, 0.15) is 37.2 Å². The van der Waals surface area contributed by atoms with E-state index in [4.69, 9.17) is 4.74 Å². The predicted octanol–water partition coefficient (Wildman–Crippen LogP) is 2.61. The molecular formula is C12H20N2OS.